The van der Waals surface area contributed by atoms with Crippen LogP contribution < -0.4 is 9.62 Å². The largest absolute Gasteiger partial charge is 0.355 e. The van der Waals surface area contributed by atoms with E-state index < -0.39 is 28.5 Å². The Morgan fingerprint density at radius 2 is 1.50 bits per heavy atom. The maximum Gasteiger partial charge on any atom is 0.264 e. The lowest BCUT2D eigenvalue weighted by atomic mass is 10.0. The Bertz CT molecular complexity index is 1710. The summed E-state index contributed by atoms with van der Waals surface area (Å²) in [5.74, 6) is -0.847. The number of carbonyl (C=O) groups is 2. The number of sulfonamides is 1. The molecule has 230 valence electrons. The van der Waals surface area contributed by atoms with Gasteiger partial charge >= 0.3 is 0 Å². The molecular weight excluding hydrogens is 594 g/mol. The molecule has 1 unspecified atom stereocenters. The van der Waals surface area contributed by atoms with Gasteiger partial charge in [-0.2, -0.15) is 0 Å². The fourth-order valence-corrected chi connectivity index (χ4v) is 6.72. The molecule has 0 aliphatic carbocycles. The number of carbonyl (C=O) groups excluding carboxylic acids is 2. The molecule has 0 spiro atoms. The Hall–Kier alpha value is -4.14. The van der Waals surface area contributed by atoms with E-state index >= 15 is 0 Å². The Kier molecular flexibility index (Phi) is 10.8. The summed E-state index contributed by atoms with van der Waals surface area (Å²) in [4.78, 5) is 29.6. The van der Waals surface area contributed by atoms with Crippen LogP contribution in [0.1, 0.15) is 34.7 Å². The van der Waals surface area contributed by atoms with Crippen LogP contribution in [0.2, 0.25) is 5.02 Å². The number of hydrogen-bond donors (Lipinski definition) is 1. The molecule has 0 heterocycles. The van der Waals surface area contributed by atoms with Gasteiger partial charge in [-0.15, -0.1) is 0 Å². The van der Waals surface area contributed by atoms with E-state index in [4.69, 9.17) is 11.6 Å². The Balaban J connectivity index is 1.83. The molecule has 4 aromatic rings. The van der Waals surface area contributed by atoms with Crippen molar-refractivity contribution in [3.63, 3.8) is 0 Å². The highest BCUT2D eigenvalue weighted by Crippen LogP contribution is 2.29. The van der Waals surface area contributed by atoms with Gasteiger partial charge in [-0.05, 0) is 80.3 Å². The predicted molar refractivity (Wildman–Crippen MR) is 176 cm³/mol. The van der Waals surface area contributed by atoms with Crippen LogP contribution in [-0.4, -0.2) is 44.3 Å². The van der Waals surface area contributed by atoms with Crippen molar-refractivity contribution in [1.29, 1.82) is 0 Å². The van der Waals surface area contributed by atoms with Gasteiger partial charge in [0.25, 0.3) is 10.0 Å². The minimum atomic E-state index is -4.17. The number of rotatable bonds is 12. The van der Waals surface area contributed by atoms with Crippen molar-refractivity contribution in [2.75, 3.05) is 17.4 Å². The van der Waals surface area contributed by atoms with Gasteiger partial charge in [0.2, 0.25) is 11.8 Å². The number of likely N-dealkylation sites (N-methyl/N-ethyl adjacent to an activating group) is 1. The highest BCUT2D eigenvalue weighted by atomic mass is 35.5. The van der Waals surface area contributed by atoms with Crippen LogP contribution in [0.25, 0.3) is 0 Å². The van der Waals surface area contributed by atoms with Gasteiger partial charge in [0, 0.05) is 24.5 Å². The first-order chi connectivity index (χ1) is 21.0. The van der Waals surface area contributed by atoms with Crippen molar-refractivity contribution in [3.05, 3.63) is 130 Å². The summed E-state index contributed by atoms with van der Waals surface area (Å²) in [5.41, 5.74) is 4.52. The van der Waals surface area contributed by atoms with Crippen molar-refractivity contribution in [2.45, 2.75) is 51.6 Å². The molecule has 0 aliphatic heterocycles. The van der Waals surface area contributed by atoms with Crippen LogP contribution in [0.3, 0.4) is 0 Å². The van der Waals surface area contributed by atoms with Crippen molar-refractivity contribution in [1.82, 2.24) is 10.2 Å². The van der Waals surface area contributed by atoms with Crippen molar-refractivity contribution in [3.8, 4) is 0 Å². The monoisotopic (exact) mass is 631 g/mol. The summed E-state index contributed by atoms with van der Waals surface area (Å²) in [6.07, 6.45) is 0.243. The Labute approximate surface area is 265 Å². The SMILES string of the molecule is CCNC(=O)C(Cc1ccccc1)N(Cc1cccc(Cl)c1)C(=O)CN(c1cccc(C)c1C)S(=O)(=O)c1ccc(C)cc1. The summed E-state index contributed by atoms with van der Waals surface area (Å²) >= 11 is 6.29. The molecule has 4 aromatic carbocycles. The molecule has 0 bridgehead atoms. The van der Waals surface area contributed by atoms with Crippen molar-refractivity contribution in [2.24, 2.45) is 0 Å². The summed E-state index contributed by atoms with van der Waals surface area (Å²) in [6, 6.07) is 27.5. The molecule has 44 heavy (non-hydrogen) atoms. The number of nitrogens with zero attached hydrogens (tertiary/aromatic N) is 2. The zero-order chi connectivity index (χ0) is 31.9. The predicted octanol–water partition coefficient (Wildman–Crippen LogP) is 6.24. The summed E-state index contributed by atoms with van der Waals surface area (Å²) in [5, 5.41) is 3.36. The van der Waals surface area contributed by atoms with E-state index in [0.29, 0.717) is 22.8 Å². The molecule has 0 saturated carbocycles. The smallest absolute Gasteiger partial charge is 0.264 e. The molecule has 9 heteroatoms. The average Bonchev–Trinajstić information content (AvgIpc) is 3.00. The molecule has 2 amide bonds. The van der Waals surface area contributed by atoms with Gasteiger partial charge in [0.15, 0.2) is 0 Å². The lowest BCUT2D eigenvalue weighted by Crippen LogP contribution is -2.53. The first-order valence-electron chi connectivity index (χ1n) is 14.5. The topological polar surface area (TPSA) is 86.8 Å². The normalized spacial score (nSPS) is 11.9. The van der Waals surface area contributed by atoms with Gasteiger partial charge < -0.3 is 10.2 Å². The van der Waals surface area contributed by atoms with Crippen molar-refractivity contribution >= 4 is 39.1 Å². The number of benzene rings is 4. The summed E-state index contributed by atoms with van der Waals surface area (Å²) in [7, 11) is -4.17. The van der Waals surface area contributed by atoms with E-state index in [1.54, 1.807) is 54.6 Å². The Morgan fingerprint density at radius 3 is 2.16 bits per heavy atom. The second-order valence-electron chi connectivity index (χ2n) is 10.8. The summed E-state index contributed by atoms with van der Waals surface area (Å²) in [6.45, 7) is 7.35. The van der Waals surface area contributed by atoms with Gasteiger partial charge in [-0.1, -0.05) is 83.9 Å². The van der Waals surface area contributed by atoms with E-state index in [-0.39, 0.29) is 23.8 Å². The zero-order valence-electron chi connectivity index (χ0n) is 25.5. The molecule has 7 nitrogen and oxygen atoms in total. The number of halogens is 1. The fraction of sp³-hybridized carbons (Fsp3) is 0.257. The van der Waals surface area contributed by atoms with Crippen LogP contribution in [0.5, 0.6) is 0 Å². The van der Waals surface area contributed by atoms with Gasteiger partial charge in [0.1, 0.15) is 12.6 Å². The highest BCUT2D eigenvalue weighted by Gasteiger charge is 2.35. The number of amides is 2. The molecule has 0 aromatic heterocycles. The van der Waals surface area contributed by atoms with E-state index in [9.17, 15) is 18.0 Å². The maximum absolute atomic E-state index is 14.5. The van der Waals surface area contributed by atoms with Gasteiger partial charge in [-0.3, -0.25) is 13.9 Å². The number of aryl methyl sites for hydroxylation is 2. The zero-order valence-corrected chi connectivity index (χ0v) is 27.0. The van der Waals surface area contributed by atoms with E-state index in [1.165, 1.54) is 4.90 Å². The van der Waals surface area contributed by atoms with Crippen LogP contribution in [-0.2, 0) is 32.6 Å². The first kappa shape index (κ1) is 32.8. The molecule has 4 rings (SSSR count). The Morgan fingerprint density at radius 1 is 0.841 bits per heavy atom. The molecule has 0 fully saturated rings. The maximum atomic E-state index is 14.5. The molecule has 0 aliphatic rings. The molecule has 1 N–H and O–H groups in total. The van der Waals surface area contributed by atoms with Gasteiger partial charge in [0.05, 0.1) is 10.6 Å². The quantitative estimate of drug-likeness (QED) is 0.201. The third kappa shape index (κ3) is 7.87. The van der Waals surface area contributed by atoms with Crippen LogP contribution in [0.4, 0.5) is 5.69 Å². The van der Waals surface area contributed by atoms with E-state index in [1.807, 2.05) is 70.2 Å². The lowest BCUT2D eigenvalue weighted by Gasteiger charge is -2.34. The van der Waals surface area contributed by atoms with Crippen LogP contribution in [0, 0.1) is 20.8 Å². The molecular formula is C35H38ClN3O4S. The fourth-order valence-electron chi connectivity index (χ4n) is 5.03. The van der Waals surface area contributed by atoms with Crippen LogP contribution >= 0.6 is 11.6 Å². The second-order valence-corrected chi connectivity index (χ2v) is 13.1. The molecule has 0 saturated heterocycles. The summed E-state index contributed by atoms with van der Waals surface area (Å²) < 4.78 is 29.6. The van der Waals surface area contributed by atoms with Crippen molar-refractivity contribution < 1.29 is 18.0 Å². The third-order valence-electron chi connectivity index (χ3n) is 7.60. The standard InChI is InChI=1S/C35H38ClN3O4S/c1-5-37-35(41)33(22-28-12-7-6-8-13-28)38(23-29-14-10-15-30(36)21-29)34(40)24-39(32-16-9-11-26(3)27(32)4)44(42,43)31-19-17-25(2)18-20-31/h6-21,33H,5,22-24H2,1-4H3,(H,37,41). The highest BCUT2D eigenvalue weighted by molar-refractivity contribution is 7.92. The van der Waals surface area contributed by atoms with E-state index in [2.05, 4.69) is 5.32 Å². The number of hydrogen-bond acceptors (Lipinski definition) is 4. The number of anilines is 1. The lowest BCUT2D eigenvalue weighted by molar-refractivity contribution is -0.140. The number of nitrogens with one attached hydrogen (secondary N) is 1. The first-order valence-corrected chi connectivity index (χ1v) is 16.3. The molecule has 1 atom stereocenters. The molecule has 0 radical (unpaired) electrons. The second kappa shape index (κ2) is 14.6. The van der Waals surface area contributed by atoms with Gasteiger partial charge in [-0.25, -0.2) is 8.42 Å². The third-order valence-corrected chi connectivity index (χ3v) is 9.61. The minimum absolute atomic E-state index is 0.0548. The van der Waals surface area contributed by atoms with E-state index in [0.717, 1.165) is 26.6 Å². The average molecular weight is 632 g/mol. The minimum Gasteiger partial charge on any atom is -0.355 e. The van der Waals surface area contributed by atoms with Crippen LogP contribution in [0.15, 0.2) is 102 Å².